The zero-order valence-electron chi connectivity index (χ0n) is 10.8. The molecule has 0 aromatic carbocycles. The molecule has 0 aromatic rings. The van der Waals surface area contributed by atoms with E-state index in [2.05, 4.69) is 0 Å². The first kappa shape index (κ1) is 14.9. The van der Waals surface area contributed by atoms with Crippen LogP contribution >= 0.6 is 0 Å². The highest BCUT2D eigenvalue weighted by atomic mass is 16.5. The third-order valence-electron chi connectivity index (χ3n) is 2.96. The number of carbonyl (C=O) groups excluding carboxylic acids is 1. The van der Waals surface area contributed by atoms with Gasteiger partial charge in [-0.15, -0.1) is 0 Å². The number of piperidine rings is 1. The predicted octanol–water partition coefficient (Wildman–Crippen LogP) is 0.206. The van der Waals surface area contributed by atoms with Crippen LogP contribution < -0.4 is 5.73 Å². The number of likely N-dealkylation sites (tertiary alicyclic amines) is 1. The Morgan fingerprint density at radius 1 is 1.44 bits per heavy atom. The van der Waals surface area contributed by atoms with Crippen LogP contribution in [0.3, 0.4) is 0 Å². The fourth-order valence-corrected chi connectivity index (χ4v) is 1.99. The first-order valence-corrected chi connectivity index (χ1v) is 6.35. The number of rotatable bonds is 6. The van der Waals surface area contributed by atoms with Gasteiger partial charge in [0.05, 0.1) is 19.1 Å². The molecule has 0 bridgehead atoms. The number of carboxylic acids is 1. The number of carboxylic acid groups (broad SMARTS) is 1. The van der Waals surface area contributed by atoms with Gasteiger partial charge in [0.2, 0.25) is 5.91 Å². The number of amides is 1. The van der Waals surface area contributed by atoms with Gasteiger partial charge in [-0.25, -0.2) is 0 Å². The molecule has 0 aliphatic carbocycles. The Bertz CT molecular complexity index is 286. The Hall–Kier alpha value is -1.14. The average Bonchev–Trinajstić information content (AvgIpc) is 2.28. The van der Waals surface area contributed by atoms with Crippen LogP contribution in [-0.4, -0.2) is 53.7 Å². The number of nitrogens with two attached hydrogens (primary N) is 1. The Morgan fingerprint density at radius 2 is 2.06 bits per heavy atom. The highest BCUT2D eigenvalue weighted by Crippen LogP contribution is 2.15. The molecule has 3 N–H and O–H groups in total. The third-order valence-corrected chi connectivity index (χ3v) is 2.96. The number of nitrogens with zero attached hydrogens (tertiary/aromatic N) is 1. The molecule has 0 radical (unpaired) electrons. The summed E-state index contributed by atoms with van der Waals surface area (Å²) in [6, 6.07) is -0.109. The van der Waals surface area contributed by atoms with Crippen molar-refractivity contribution in [1.82, 2.24) is 4.90 Å². The largest absolute Gasteiger partial charge is 0.481 e. The van der Waals surface area contributed by atoms with Crippen molar-refractivity contribution in [2.45, 2.75) is 44.8 Å². The molecule has 1 unspecified atom stereocenters. The monoisotopic (exact) mass is 258 g/mol. The van der Waals surface area contributed by atoms with E-state index in [1.165, 1.54) is 0 Å². The zero-order valence-corrected chi connectivity index (χ0v) is 10.8. The van der Waals surface area contributed by atoms with Gasteiger partial charge in [0.1, 0.15) is 0 Å². The number of hydrogen-bond acceptors (Lipinski definition) is 4. The van der Waals surface area contributed by atoms with E-state index in [4.69, 9.17) is 15.6 Å². The van der Waals surface area contributed by atoms with Crippen molar-refractivity contribution < 1.29 is 19.4 Å². The van der Waals surface area contributed by atoms with Crippen LogP contribution in [0.4, 0.5) is 0 Å². The maximum atomic E-state index is 11.7. The summed E-state index contributed by atoms with van der Waals surface area (Å²) in [5.41, 5.74) is 5.59. The van der Waals surface area contributed by atoms with E-state index in [1.807, 2.05) is 6.92 Å². The number of hydrogen-bond donors (Lipinski definition) is 2. The van der Waals surface area contributed by atoms with Gasteiger partial charge in [0.25, 0.3) is 0 Å². The Balaban J connectivity index is 2.20. The van der Waals surface area contributed by atoms with Gasteiger partial charge in [-0.1, -0.05) is 0 Å². The summed E-state index contributed by atoms with van der Waals surface area (Å²) in [6.45, 7) is 3.40. The molecule has 1 rings (SSSR count). The van der Waals surface area contributed by atoms with Gasteiger partial charge in [-0.3, -0.25) is 9.59 Å². The van der Waals surface area contributed by atoms with Crippen molar-refractivity contribution in [3.63, 3.8) is 0 Å². The highest BCUT2D eigenvalue weighted by Gasteiger charge is 2.23. The summed E-state index contributed by atoms with van der Waals surface area (Å²) >= 11 is 0. The quantitative estimate of drug-likeness (QED) is 0.710. The number of ether oxygens (including phenoxy) is 1. The molecule has 1 amide bonds. The fraction of sp³-hybridized carbons (Fsp3) is 0.833. The van der Waals surface area contributed by atoms with E-state index >= 15 is 0 Å². The topological polar surface area (TPSA) is 92.9 Å². The summed E-state index contributed by atoms with van der Waals surface area (Å²) in [4.78, 5) is 23.9. The minimum absolute atomic E-state index is 0.0316. The Labute approximate surface area is 107 Å². The van der Waals surface area contributed by atoms with Crippen molar-refractivity contribution in [2.75, 3.05) is 19.7 Å². The molecule has 0 spiro atoms. The maximum Gasteiger partial charge on any atom is 0.305 e. The summed E-state index contributed by atoms with van der Waals surface area (Å²) in [7, 11) is 0. The van der Waals surface area contributed by atoms with Gasteiger partial charge in [0.15, 0.2) is 0 Å². The lowest BCUT2D eigenvalue weighted by molar-refractivity contribution is -0.139. The molecule has 104 valence electrons. The standard InChI is InChI=1S/C12H22N2O4/c1-9(13)8-11(15)14-5-2-10(3-6-14)18-7-4-12(16)17/h9-10H,2-8,13H2,1H3,(H,16,17). The third kappa shape index (κ3) is 5.46. The minimum atomic E-state index is -0.848. The van der Waals surface area contributed by atoms with E-state index < -0.39 is 5.97 Å². The first-order chi connectivity index (χ1) is 8.49. The lowest BCUT2D eigenvalue weighted by Crippen LogP contribution is -2.42. The van der Waals surface area contributed by atoms with Crippen molar-refractivity contribution in [1.29, 1.82) is 0 Å². The average molecular weight is 258 g/mol. The number of aliphatic carboxylic acids is 1. The molecule has 6 nitrogen and oxygen atoms in total. The molecule has 0 aromatic heterocycles. The molecule has 1 saturated heterocycles. The van der Waals surface area contributed by atoms with Crippen LogP contribution in [0.2, 0.25) is 0 Å². The lowest BCUT2D eigenvalue weighted by atomic mass is 10.1. The fourth-order valence-electron chi connectivity index (χ4n) is 1.99. The van der Waals surface area contributed by atoms with Crippen molar-refractivity contribution in [3.05, 3.63) is 0 Å². The maximum absolute atomic E-state index is 11.7. The van der Waals surface area contributed by atoms with Gasteiger partial charge in [-0.2, -0.15) is 0 Å². The lowest BCUT2D eigenvalue weighted by Gasteiger charge is -2.32. The van der Waals surface area contributed by atoms with Crippen LogP contribution in [0.5, 0.6) is 0 Å². The summed E-state index contributed by atoms with van der Waals surface area (Å²) in [5.74, 6) is -0.756. The van der Waals surface area contributed by atoms with E-state index in [-0.39, 0.29) is 31.1 Å². The van der Waals surface area contributed by atoms with E-state index in [0.29, 0.717) is 19.5 Å². The van der Waals surface area contributed by atoms with Crippen LogP contribution in [0.15, 0.2) is 0 Å². The molecule has 18 heavy (non-hydrogen) atoms. The van der Waals surface area contributed by atoms with Crippen molar-refractivity contribution in [2.24, 2.45) is 5.73 Å². The number of carbonyl (C=O) groups is 2. The van der Waals surface area contributed by atoms with Gasteiger partial charge >= 0.3 is 5.97 Å². The second-order valence-corrected chi connectivity index (χ2v) is 4.78. The second-order valence-electron chi connectivity index (χ2n) is 4.78. The van der Waals surface area contributed by atoms with Crippen LogP contribution in [-0.2, 0) is 14.3 Å². The summed E-state index contributed by atoms with van der Waals surface area (Å²) in [5, 5.41) is 8.50. The zero-order chi connectivity index (χ0) is 13.5. The molecule has 1 aliphatic heterocycles. The van der Waals surface area contributed by atoms with E-state index in [1.54, 1.807) is 4.90 Å². The molecule has 1 atom stereocenters. The molecule has 1 fully saturated rings. The smallest absolute Gasteiger partial charge is 0.305 e. The first-order valence-electron chi connectivity index (χ1n) is 6.35. The second kappa shape index (κ2) is 7.33. The summed E-state index contributed by atoms with van der Waals surface area (Å²) in [6.07, 6.45) is 2.02. The van der Waals surface area contributed by atoms with Crippen molar-refractivity contribution >= 4 is 11.9 Å². The van der Waals surface area contributed by atoms with Gasteiger partial charge < -0.3 is 20.5 Å². The van der Waals surface area contributed by atoms with Crippen LogP contribution in [0, 0.1) is 0 Å². The minimum Gasteiger partial charge on any atom is -0.481 e. The van der Waals surface area contributed by atoms with Gasteiger partial charge in [0, 0.05) is 25.6 Å². The van der Waals surface area contributed by atoms with Crippen LogP contribution in [0.1, 0.15) is 32.6 Å². The molecule has 1 aliphatic rings. The van der Waals surface area contributed by atoms with E-state index in [9.17, 15) is 9.59 Å². The normalized spacial score (nSPS) is 18.7. The van der Waals surface area contributed by atoms with Gasteiger partial charge in [-0.05, 0) is 19.8 Å². The molecule has 6 heteroatoms. The summed E-state index contributed by atoms with van der Waals surface area (Å²) < 4.78 is 5.46. The molecule has 0 saturated carbocycles. The highest BCUT2D eigenvalue weighted by molar-refractivity contribution is 5.76. The van der Waals surface area contributed by atoms with E-state index in [0.717, 1.165) is 12.8 Å². The van der Waals surface area contributed by atoms with Crippen molar-refractivity contribution in [3.8, 4) is 0 Å². The van der Waals surface area contributed by atoms with Crippen LogP contribution in [0.25, 0.3) is 0 Å². The Morgan fingerprint density at radius 3 is 2.56 bits per heavy atom. The Kier molecular flexibility index (Phi) is 6.07. The molecular weight excluding hydrogens is 236 g/mol. The SMILES string of the molecule is CC(N)CC(=O)N1CCC(OCCC(=O)O)CC1. The molecule has 1 heterocycles. The predicted molar refractivity (Wildman–Crippen MR) is 66.1 cm³/mol. The molecular formula is C12H22N2O4.